The van der Waals surface area contributed by atoms with Gasteiger partial charge in [-0.1, -0.05) is 31.5 Å². The topological polar surface area (TPSA) is 72.2 Å². The largest absolute Gasteiger partial charge is 0.344 e. The molecule has 5 nitrogen and oxygen atoms in total. The van der Waals surface area contributed by atoms with Gasteiger partial charge in [0.05, 0.1) is 21.6 Å². The number of nitro groups is 1. The molecule has 0 saturated carbocycles. The highest BCUT2D eigenvalue weighted by molar-refractivity contribution is 7.10. The standard InChI is InChI=1S/C15H15ClN2O3S/c1-9(2)14(13-4-3-7-22-13)17-15(19)11-6-5-10(18(20)21)8-12(11)16/h3-9,14H,1-2H3,(H,17,19)/t14-/m0/s1. The minimum Gasteiger partial charge on any atom is -0.344 e. The van der Waals surface area contributed by atoms with Crippen LogP contribution in [0.2, 0.25) is 5.02 Å². The zero-order chi connectivity index (χ0) is 16.3. The maximum Gasteiger partial charge on any atom is 0.270 e. The molecule has 7 heteroatoms. The minimum absolute atomic E-state index is 0.0698. The van der Waals surface area contributed by atoms with E-state index in [1.165, 1.54) is 18.2 Å². The molecule has 0 aliphatic rings. The molecule has 116 valence electrons. The van der Waals surface area contributed by atoms with E-state index in [0.29, 0.717) is 0 Å². The number of thiophene rings is 1. The van der Waals surface area contributed by atoms with Crippen LogP contribution in [0.3, 0.4) is 0 Å². The Morgan fingerprint density at radius 1 is 1.36 bits per heavy atom. The van der Waals surface area contributed by atoms with E-state index in [1.54, 1.807) is 11.3 Å². The third-order valence-corrected chi connectivity index (χ3v) is 4.48. The van der Waals surface area contributed by atoms with Crippen molar-refractivity contribution in [2.75, 3.05) is 0 Å². The fraction of sp³-hybridized carbons (Fsp3) is 0.267. The van der Waals surface area contributed by atoms with Crippen molar-refractivity contribution in [2.45, 2.75) is 19.9 Å². The molecular weight excluding hydrogens is 324 g/mol. The van der Waals surface area contributed by atoms with Gasteiger partial charge in [-0.25, -0.2) is 0 Å². The number of benzene rings is 1. The molecule has 1 atom stereocenters. The number of halogens is 1. The lowest BCUT2D eigenvalue weighted by Crippen LogP contribution is -2.31. The predicted molar refractivity (Wildman–Crippen MR) is 87.5 cm³/mol. The van der Waals surface area contributed by atoms with Crippen molar-refractivity contribution in [1.29, 1.82) is 0 Å². The molecule has 1 aromatic heterocycles. The summed E-state index contributed by atoms with van der Waals surface area (Å²) < 4.78 is 0. The van der Waals surface area contributed by atoms with Crippen LogP contribution in [0.25, 0.3) is 0 Å². The number of nitrogens with zero attached hydrogens (tertiary/aromatic N) is 1. The van der Waals surface area contributed by atoms with E-state index in [2.05, 4.69) is 5.32 Å². The molecule has 0 radical (unpaired) electrons. The van der Waals surface area contributed by atoms with Crippen molar-refractivity contribution < 1.29 is 9.72 Å². The Morgan fingerprint density at radius 3 is 2.59 bits per heavy atom. The summed E-state index contributed by atoms with van der Waals surface area (Å²) in [5, 5.41) is 15.7. The molecule has 0 aliphatic carbocycles. The molecule has 0 aliphatic heterocycles. The summed E-state index contributed by atoms with van der Waals surface area (Å²) in [4.78, 5) is 23.6. The summed E-state index contributed by atoms with van der Waals surface area (Å²) in [6.07, 6.45) is 0. The number of nitro benzene ring substituents is 1. The Morgan fingerprint density at radius 2 is 2.09 bits per heavy atom. The van der Waals surface area contributed by atoms with E-state index in [1.807, 2.05) is 31.4 Å². The van der Waals surface area contributed by atoms with Crippen molar-refractivity contribution in [1.82, 2.24) is 5.32 Å². The van der Waals surface area contributed by atoms with Gasteiger partial charge in [0.1, 0.15) is 0 Å². The Labute approximate surface area is 137 Å². The number of rotatable bonds is 5. The normalized spacial score (nSPS) is 12.2. The van der Waals surface area contributed by atoms with Gasteiger partial charge in [-0.3, -0.25) is 14.9 Å². The molecule has 1 N–H and O–H groups in total. The highest BCUT2D eigenvalue weighted by Gasteiger charge is 2.22. The first kappa shape index (κ1) is 16.5. The maximum absolute atomic E-state index is 12.4. The summed E-state index contributed by atoms with van der Waals surface area (Å²) in [7, 11) is 0. The van der Waals surface area contributed by atoms with Crippen LogP contribution in [0.15, 0.2) is 35.7 Å². The Balaban J connectivity index is 2.22. The summed E-state index contributed by atoms with van der Waals surface area (Å²) in [5.74, 6) is -0.133. The Kier molecular flexibility index (Phi) is 5.15. The number of non-ortho nitro benzene ring substituents is 1. The highest BCUT2D eigenvalue weighted by atomic mass is 35.5. The number of carbonyl (C=O) groups is 1. The second kappa shape index (κ2) is 6.89. The van der Waals surface area contributed by atoms with Crippen molar-refractivity contribution >= 4 is 34.5 Å². The van der Waals surface area contributed by atoms with Gasteiger partial charge in [-0.2, -0.15) is 0 Å². The third-order valence-electron chi connectivity index (χ3n) is 3.21. The lowest BCUT2D eigenvalue weighted by molar-refractivity contribution is -0.384. The van der Waals surface area contributed by atoms with Crippen LogP contribution in [0.4, 0.5) is 5.69 Å². The van der Waals surface area contributed by atoms with Gasteiger partial charge in [0.15, 0.2) is 0 Å². The van der Waals surface area contributed by atoms with Crippen LogP contribution >= 0.6 is 22.9 Å². The first-order chi connectivity index (χ1) is 10.4. The number of amides is 1. The number of hydrogen-bond acceptors (Lipinski definition) is 4. The van der Waals surface area contributed by atoms with Gasteiger partial charge >= 0.3 is 0 Å². The Hall–Kier alpha value is -1.92. The van der Waals surface area contributed by atoms with Crippen molar-refractivity contribution in [2.24, 2.45) is 5.92 Å². The van der Waals surface area contributed by atoms with Gasteiger partial charge in [0.2, 0.25) is 0 Å². The van der Waals surface area contributed by atoms with Crippen LogP contribution in [0.1, 0.15) is 35.1 Å². The van der Waals surface area contributed by atoms with Crippen LogP contribution in [0.5, 0.6) is 0 Å². The molecule has 1 heterocycles. The number of nitrogens with one attached hydrogen (secondary N) is 1. The predicted octanol–water partition coefficient (Wildman–Crippen LogP) is 4.44. The molecule has 0 fully saturated rings. The molecule has 0 saturated heterocycles. The molecule has 1 aromatic carbocycles. The minimum atomic E-state index is -0.546. The van der Waals surface area contributed by atoms with E-state index in [9.17, 15) is 14.9 Å². The van der Waals surface area contributed by atoms with Crippen molar-refractivity contribution in [3.63, 3.8) is 0 Å². The quantitative estimate of drug-likeness (QED) is 0.647. The first-order valence-corrected chi connectivity index (χ1v) is 7.94. The molecule has 0 spiro atoms. The second-order valence-corrected chi connectivity index (χ2v) is 6.52. The van der Waals surface area contributed by atoms with E-state index in [0.717, 1.165) is 4.88 Å². The first-order valence-electron chi connectivity index (χ1n) is 6.68. The average Bonchev–Trinajstić information content (AvgIpc) is 2.97. The van der Waals surface area contributed by atoms with Crippen molar-refractivity contribution in [3.8, 4) is 0 Å². The summed E-state index contributed by atoms with van der Waals surface area (Å²) in [6, 6.07) is 7.61. The second-order valence-electron chi connectivity index (χ2n) is 5.13. The van der Waals surface area contributed by atoms with Gasteiger partial charge < -0.3 is 5.32 Å². The maximum atomic E-state index is 12.4. The zero-order valence-corrected chi connectivity index (χ0v) is 13.6. The summed E-state index contributed by atoms with van der Waals surface area (Å²) in [6.45, 7) is 4.03. The Bertz CT molecular complexity index is 686. The number of hydrogen-bond donors (Lipinski definition) is 1. The van der Waals surface area contributed by atoms with Gasteiger partial charge in [-0.15, -0.1) is 11.3 Å². The molecule has 1 amide bonds. The monoisotopic (exact) mass is 338 g/mol. The van der Waals surface area contributed by atoms with Crippen LogP contribution in [0, 0.1) is 16.0 Å². The van der Waals surface area contributed by atoms with E-state index >= 15 is 0 Å². The fourth-order valence-corrected chi connectivity index (χ4v) is 3.26. The smallest absolute Gasteiger partial charge is 0.270 e. The average molecular weight is 339 g/mol. The molecule has 22 heavy (non-hydrogen) atoms. The summed E-state index contributed by atoms with van der Waals surface area (Å²) >= 11 is 7.56. The van der Waals surface area contributed by atoms with Crippen molar-refractivity contribution in [3.05, 3.63) is 61.3 Å². The van der Waals surface area contributed by atoms with Gasteiger partial charge in [0.25, 0.3) is 11.6 Å². The lowest BCUT2D eigenvalue weighted by Gasteiger charge is -2.21. The molecule has 2 aromatic rings. The van der Waals surface area contributed by atoms with Gasteiger partial charge in [-0.05, 0) is 23.4 Å². The van der Waals surface area contributed by atoms with Gasteiger partial charge in [0, 0.05) is 17.0 Å². The van der Waals surface area contributed by atoms with Crippen LogP contribution in [-0.2, 0) is 0 Å². The van der Waals surface area contributed by atoms with Crippen LogP contribution in [-0.4, -0.2) is 10.8 Å². The lowest BCUT2D eigenvalue weighted by atomic mass is 10.0. The molecule has 2 rings (SSSR count). The fourth-order valence-electron chi connectivity index (χ4n) is 2.06. The SMILES string of the molecule is CC(C)[C@H](NC(=O)c1ccc([N+](=O)[O-])cc1Cl)c1cccs1. The van der Waals surface area contributed by atoms with E-state index in [4.69, 9.17) is 11.6 Å². The molecule has 0 bridgehead atoms. The number of carbonyl (C=O) groups excluding carboxylic acids is 1. The molecule has 0 unspecified atom stereocenters. The summed E-state index contributed by atoms with van der Waals surface area (Å²) in [5.41, 5.74) is 0.0923. The van der Waals surface area contributed by atoms with E-state index in [-0.39, 0.29) is 34.1 Å². The zero-order valence-electron chi connectivity index (χ0n) is 12.1. The van der Waals surface area contributed by atoms with E-state index < -0.39 is 4.92 Å². The third kappa shape index (κ3) is 3.64. The van der Waals surface area contributed by atoms with Crippen LogP contribution < -0.4 is 5.32 Å². The highest BCUT2D eigenvalue weighted by Crippen LogP contribution is 2.28. The molecular formula is C15H15ClN2O3S.